The third-order valence-electron chi connectivity index (χ3n) is 1.86. The van der Waals surface area contributed by atoms with Crippen LogP contribution < -0.4 is 0 Å². The van der Waals surface area contributed by atoms with Gasteiger partial charge in [0.15, 0.2) is 0 Å². The van der Waals surface area contributed by atoms with Gasteiger partial charge in [-0.2, -0.15) is 0 Å². The van der Waals surface area contributed by atoms with Crippen LogP contribution in [-0.2, 0) is 14.3 Å². The average Bonchev–Trinajstić information content (AvgIpc) is 2.18. The summed E-state index contributed by atoms with van der Waals surface area (Å²) in [5.41, 5.74) is 0.366. The number of methoxy groups -OCH3 is 2. The van der Waals surface area contributed by atoms with E-state index in [0.717, 1.165) is 0 Å². The molecule has 0 unspecified atom stereocenters. The number of aliphatic carboxylic acids is 1. The highest BCUT2D eigenvalue weighted by molar-refractivity contribution is 5.85. The molecule has 0 saturated heterocycles. The summed E-state index contributed by atoms with van der Waals surface area (Å²) in [6.07, 6.45) is 2.37. The van der Waals surface area contributed by atoms with E-state index in [1.54, 1.807) is 27.2 Å². The minimum Gasteiger partial charge on any atom is -0.478 e. The Labute approximate surface area is 90.3 Å². The van der Waals surface area contributed by atoms with Crippen molar-refractivity contribution in [3.8, 4) is 0 Å². The zero-order chi connectivity index (χ0) is 11.7. The van der Waals surface area contributed by atoms with E-state index < -0.39 is 5.97 Å². The number of carboxylic acids is 1. The minimum atomic E-state index is -0.875. The van der Waals surface area contributed by atoms with Crippen molar-refractivity contribution in [2.75, 3.05) is 34.2 Å². The molecule has 0 aliphatic heterocycles. The molecule has 0 radical (unpaired) electrons. The van der Waals surface area contributed by atoms with Crippen molar-refractivity contribution in [3.63, 3.8) is 0 Å². The molecular formula is C10H19NO4. The Morgan fingerprint density at radius 3 is 2.27 bits per heavy atom. The summed E-state index contributed by atoms with van der Waals surface area (Å²) in [5, 5.41) is 8.62. The Kier molecular flexibility index (Phi) is 7.89. The molecule has 0 bridgehead atoms. The summed E-state index contributed by atoms with van der Waals surface area (Å²) in [7, 11) is 3.22. The molecule has 0 aromatic carbocycles. The van der Waals surface area contributed by atoms with Crippen molar-refractivity contribution in [2.45, 2.75) is 13.3 Å². The Hall–Kier alpha value is -0.910. The second kappa shape index (κ2) is 8.40. The number of hydrogen-bond donors (Lipinski definition) is 1. The summed E-state index contributed by atoms with van der Waals surface area (Å²) < 4.78 is 9.94. The van der Waals surface area contributed by atoms with Crippen molar-refractivity contribution in [1.82, 2.24) is 4.90 Å². The predicted octanol–water partition coefficient (Wildman–Crippen LogP) is 0.917. The number of carbonyl (C=O) groups is 1. The topological polar surface area (TPSA) is 59.0 Å². The van der Waals surface area contributed by atoms with E-state index >= 15 is 0 Å². The molecule has 0 aliphatic rings. The van der Waals surface area contributed by atoms with Gasteiger partial charge in [-0.1, -0.05) is 6.08 Å². The van der Waals surface area contributed by atoms with Gasteiger partial charge in [0.05, 0.1) is 0 Å². The summed E-state index contributed by atoms with van der Waals surface area (Å²) in [6, 6.07) is 0. The zero-order valence-corrected chi connectivity index (χ0v) is 9.52. The van der Waals surface area contributed by atoms with E-state index in [4.69, 9.17) is 14.6 Å². The third kappa shape index (κ3) is 7.07. The van der Waals surface area contributed by atoms with E-state index in [-0.39, 0.29) is 0 Å². The highest BCUT2D eigenvalue weighted by atomic mass is 16.5. The average molecular weight is 217 g/mol. The maximum atomic E-state index is 10.5. The largest absolute Gasteiger partial charge is 0.478 e. The predicted molar refractivity (Wildman–Crippen MR) is 56.5 cm³/mol. The first kappa shape index (κ1) is 14.1. The lowest BCUT2D eigenvalue weighted by Crippen LogP contribution is -2.28. The lowest BCUT2D eigenvalue weighted by Gasteiger charge is -2.19. The summed E-state index contributed by atoms with van der Waals surface area (Å²) in [6.45, 7) is 3.26. The number of carboxylic acid groups (broad SMARTS) is 1. The molecule has 5 heteroatoms. The van der Waals surface area contributed by atoms with Crippen molar-refractivity contribution < 1.29 is 19.4 Å². The van der Waals surface area contributed by atoms with E-state index in [1.807, 2.05) is 4.90 Å². The van der Waals surface area contributed by atoms with Crippen LogP contribution in [0.15, 0.2) is 11.6 Å². The zero-order valence-electron chi connectivity index (χ0n) is 9.52. The smallest absolute Gasteiger partial charge is 0.330 e. The van der Waals surface area contributed by atoms with Gasteiger partial charge in [0.1, 0.15) is 13.5 Å². The number of ether oxygens (including phenoxy) is 2. The molecule has 0 spiro atoms. The molecule has 1 N–H and O–H groups in total. The van der Waals surface area contributed by atoms with Gasteiger partial charge in [0.2, 0.25) is 0 Å². The standard InChI is InChI=1S/C10H19NO4/c1-9(10(12)13)5-4-6-11(7-14-2)8-15-3/h5H,4,6-8H2,1-3H3,(H,12,13). The van der Waals surface area contributed by atoms with Crippen molar-refractivity contribution in [2.24, 2.45) is 0 Å². The fourth-order valence-corrected chi connectivity index (χ4v) is 1.08. The molecule has 0 atom stereocenters. The molecular weight excluding hydrogens is 198 g/mol. The highest BCUT2D eigenvalue weighted by Gasteiger charge is 2.03. The molecule has 0 fully saturated rings. The van der Waals surface area contributed by atoms with Crippen LogP contribution in [0.1, 0.15) is 13.3 Å². The van der Waals surface area contributed by atoms with Crippen LogP contribution in [0.2, 0.25) is 0 Å². The van der Waals surface area contributed by atoms with E-state index in [1.165, 1.54) is 0 Å². The maximum Gasteiger partial charge on any atom is 0.330 e. The second-order valence-electron chi connectivity index (χ2n) is 3.21. The van der Waals surface area contributed by atoms with Crippen LogP contribution in [-0.4, -0.2) is 50.2 Å². The van der Waals surface area contributed by atoms with Gasteiger partial charge in [-0.25, -0.2) is 4.79 Å². The number of rotatable bonds is 8. The molecule has 0 saturated carbocycles. The molecule has 0 aromatic heterocycles. The van der Waals surface area contributed by atoms with Crippen LogP contribution in [0.5, 0.6) is 0 Å². The molecule has 15 heavy (non-hydrogen) atoms. The quantitative estimate of drug-likeness (QED) is 0.484. The lowest BCUT2D eigenvalue weighted by molar-refractivity contribution is -0.132. The van der Waals surface area contributed by atoms with Crippen LogP contribution in [0, 0.1) is 0 Å². The fourth-order valence-electron chi connectivity index (χ4n) is 1.08. The number of hydrogen-bond acceptors (Lipinski definition) is 4. The minimum absolute atomic E-state index is 0.366. The van der Waals surface area contributed by atoms with Crippen molar-refractivity contribution in [3.05, 3.63) is 11.6 Å². The first-order valence-electron chi connectivity index (χ1n) is 4.72. The first-order chi connectivity index (χ1) is 7.11. The Bertz CT molecular complexity index is 209. The third-order valence-corrected chi connectivity index (χ3v) is 1.86. The maximum absolute atomic E-state index is 10.5. The fraction of sp³-hybridized carbons (Fsp3) is 0.700. The van der Waals surface area contributed by atoms with Gasteiger partial charge in [0, 0.05) is 26.3 Å². The summed E-state index contributed by atoms with van der Waals surface area (Å²) in [4.78, 5) is 12.4. The second-order valence-corrected chi connectivity index (χ2v) is 3.21. The highest BCUT2D eigenvalue weighted by Crippen LogP contribution is 1.98. The van der Waals surface area contributed by atoms with Crippen molar-refractivity contribution >= 4 is 5.97 Å². The Balaban J connectivity index is 3.88. The first-order valence-corrected chi connectivity index (χ1v) is 4.72. The lowest BCUT2D eigenvalue weighted by atomic mass is 10.2. The summed E-state index contributed by atoms with van der Waals surface area (Å²) in [5.74, 6) is -0.875. The van der Waals surface area contributed by atoms with E-state index in [2.05, 4.69) is 0 Å². The van der Waals surface area contributed by atoms with Crippen LogP contribution >= 0.6 is 0 Å². The molecule has 0 aromatic rings. The monoisotopic (exact) mass is 217 g/mol. The number of nitrogens with zero attached hydrogens (tertiary/aromatic N) is 1. The van der Waals surface area contributed by atoms with Gasteiger partial charge in [0.25, 0.3) is 0 Å². The molecule has 88 valence electrons. The molecule has 0 amide bonds. The van der Waals surface area contributed by atoms with Gasteiger partial charge in [-0.15, -0.1) is 0 Å². The van der Waals surface area contributed by atoms with Crippen LogP contribution in [0.3, 0.4) is 0 Å². The van der Waals surface area contributed by atoms with Crippen LogP contribution in [0.25, 0.3) is 0 Å². The SMILES string of the molecule is COCN(CCC=C(C)C(=O)O)COC. The van der Waals surface area contributed by atoms with Crippen molar-refractivity contribution in [1.29, 1.82) is 0 Å². The molecule has 0 aliphatic carbocycles. The normalized spacial score (nSPS) is 12.1. The van der Waals surface area contributed by atoms with Gasteiger partial charge >= 0.3 is 5.97 Å². The molecule has 5 nitrogen and oxygen atoms in total. The van der Waals surface area contributed by atoms with Gasteiger partial charge < -0.3 is 14.6 Å². The Morgan fingerprint density at radius 2 is 1.87 bits per heavy atom. The molecule has 0 rings (SSSR count). The molecule has 0 heterocycles. The van der Waals surface area contributed by atoms with E-state index in [9.17, 15) is 4.79 Å². The van der Waals surface area contributed by atoms with Crippen LogP contribution in [0.4, 0.5) is 0 Å². The van der Waals surface area contributed by atoms with E-state index in [0.29, 0.717) is 32.0 Å². The Morgan fingerprint density at radius 1 is 1.33 bits per heavy atom. The summed E-state index contributed by atoms with van der Waals surface area (Å²) >= 11 is 0. The van der Waals surface area contributed by atoms with Gasteiger partial charge in [-0.05, 0) is 13.3 Å². The van der Waals surface area contributed by atoms with Gasteiger partial charge in [-0.3, -0.25) is 4.90 Å².